The number of amides is 1. The summed E-state index contributed by atoms with van der Waals surface area (Å²) in [7, 11) is 1.81. The van der Waals surface area contributed by atoms with Gasteiger partial charge in [0.2, 0.25) is 5.91 Å². The van der Waals surface area contributed by atoms with Gasteiger partial charge in [-0.25, -0.2) is 0 Å². The van der Waals surface area contributed by atoms with Crippen LogP contribution < -0.4 is 15.5 Å². The van der Waals surface area contributed by atoms with Gasteiger partial charge < -0.3 is 15.5 Å². The highest BCUT2D eigenvalue weighted by Crippen LogP contribution is 2.47. The Labute approximate surface area is 190 Å². The number of hydrogen-bond donors (Lipinski definition) is 2. The molecule has 5 nitrogen and oxygen atoms in total. The van der Waals surface area contributed by atoms with Gasteiger partial charge in [0.15, 0.2) is 5.96 Å². The number of halogens is 1. The average Bonchev–Trinajstić information content (AvgIpc) is 3.42. The van der Waals surface area contributed by atoms with Crippen LogP contribution in [0.3, 0.4) is 0 Å². The van der Waals surface area contributed by atoms with E-state index in [4.69, 9.17) is 0 Å². The highest BCUT2D eigenvalue weighted by atomic mass is 127. The molecule has 29 heavy (non-hydrogen) atoms. The molecular formula is C23H29IN4O. The van der Waals surface area contributed by atoms with Crippen molar-refractivity contribution in [1.29, 1.82) is 0 Å². The van der Waals surface area contributed by atoms with E-state index in [-0.39, 0.29) is 35.3 Å². The molecule has 1 aliphatic heterocycles. The molecular weight excluding hydrogens is 475 g/mol. The predicted molar refractivity (Wildman–Crippen MR) is 129 cm³/mol. The smallest absolute Gasteiger partial charge is 0.227 e. The van der Waals surface area contributed by atoms with Gasteiger partial charge in [0, 0.05) is 44.2 Å². The van der Waals surface area contributed by atoms with E-state index in [1.807, 2.05) is 17.0 Å². The summed E-state index contributed by atoms with van der Waals surface area (Å²) >= 11 is 0. The fourth-order valence-corrected chi connectivity index (χ4v) is 3.88. The fourth-order valence-electron chi connectivity index (χ4n) is 3.88. The zero-order valence-electron chi connectivity index (χ0n) is 16.9. The number of anilines is 1. The molecule has 0 atom stereocenters. The number of hydrogen-bond acceptors (Lipinski definition) is 2. The third-order valence-electron chi connectivity index (χ3n) is 5.84. The van der Waals surface area contributed by atoms with E-state index in [1.165, 1.54) is 24.0 Å². The number of carbonyl (C=O) groups excluding carboxylic acids is 1. The van der Waals surface area contributed by atoms with Gasteiger partial charge in [-0.3, -0.25) is 9.79 Å². The predicted octanol–water partition coefficient (Wildman–Crippen LogP) is 3.83. The van der Waals surface area contributed by atoms with Crippen LogP contribution in [0.25, 0.3) is 0 Å². The van der Waals surface area contributed by atoms with Gasteiger partial charge in [0.25, 0.3) is 0 Å². The van der Waals surface area contributed by atoms with E-state index < -0.39 is 0 Å². The van der Waals surface area contributed by atoms with Crippen molar-refractivity contribution in [2.75, 3.05) is 25.0 Å². The minimum absolute atomic E-state index is 0. The Kier molecular flexibility index (Phi) is 7.16. The van der Waals surface area contributed by atoms with E-state index in [9.17, 15) is 4.79 Å². The van der Waals surface area contributed by atoms with Crippen molar-refractivity contribution in [2.45, 2.75) is 37.6 Å². The third kappa shape index (κ3) is 5.10. The molecule has 6 heteroatoms. The van der Waals surface area contributed by atoms with Crippen LogP contribution in [0.15, 0.2) is 59.6 Å². The molecule has 2 aromatic carbocycles. The summed E-state index contributed by atoms with van der Waals surface area (Å²) in [6.45, 7) is 2.43. The van der Waals surface area contributed by atoms with Crippen LogP contribution in [-0.4, -0.2) is 32.0 Å². The van der Waals surface area contributed by atoms with Gasteiger partial charge in [-0.2, -0.15) is 0 Å². The third-order valence-corrected chi connectivity index (χ3v) is 5.84. The van der Waals surface area contributed by atoms with Crippen LogP contribution in [0.5, 0.6) is 0 Å². The second kappa shape index (κ2) is 9.61. The summed E-state index contributed by atoms with van der Waals surface area (Å²) in [5.41, 5.74) is 3.82. The van der Waals surface area contributed by atoms with Crippen LogP contribution in [-0.2, 0) is 16.8 Å². The first-order valence-corrected chi connectivity index (χ1v) is 10.1. The van der Waals surface area contributed by atoms with E-state index in [1.54, 1.807) is 7.05 Å². The zero-order valence-corrected chi connectivity index (χ0v) is 19.2. The lowest BCUT2D eigenvalue weighted by Gasteiger charge is -2.19. The Morgan fingerprint density at radius 2 is 1.79 bits per heavy atom. The molecule has 2 N–H and O–H groups in total. The van der Waals surface area contributed by atoms with Gasteiger partial charge in [-0.05, 0) is 42.5 Å². The molecule has 0 unspecified atom stereocenters. The van der Waals surface area contributed by atoms with E-state index in [0.717, 1.165) is 31.2 Å². The van der Waals surface area contributed by atoms with Crippen molar-refractivity contribution in [3.05, 3.63) is 65.7 Å². The largest absolute Gasteiger partial charge is 0.356 e. The lowest BCUT2D eigenvalue weighted by atomic mass is 9.96. The molecule has 1 aliphatic carbocycles. The summed E-state index contributed by atoms with van der Waals surface area (Å²) in [6.07, 6.45) is 4.06. The molecule has 0 spiro atoms. The highest BCUT2D eigenvalue weighted by Gasteiger charge is 2.43. The average molecular weight is 504 g/mol. The lowest BCUT2D eigenvalue weighted by Crippen LogP contribution is -2.40. The first-order chi connectivity index (χ1) is 13.7. The first-order valence-electron chi connectivity index (χ1n) is 10.1. The first kappa shape index (κ1) is 21.6. The summed E-state index contributed by atoms with van der Waals surface area (Å²) in [5.74, 6) is 1.05. The number of benzene rings is 2. The Morgan fingerprint density at radius 3 is 2.38 bits per heavy atom. The molecule has 154 valence electrons. The van der Waals surface area contributed by atoms with E-state index in [0.29, 0.717) is 13.0 Å². The molecule has 2 aliphatic rings. The molecule has 1 amide bonds. The van der Waals surface area contributed by atoms with Crippen molar-refractivity contribution < 1.29 is 4.79 Å². The van der Waals surface area contributed by atoms with Gasteiger partial charge in [0.05, 0.1) is 0 Å². The SMILES string of the molecule is CN=C(NCc1ccc(N2CCCC2=O)cc1)NCC1(c2ccccc2)CC1.I. The summed E-state index contributed by atoms with van der Waals surface area (Å²) in [6, 6.07) is 19.0. The van der Waals surface area contributed by atoms with Crippen LogP contribution >= 0.6 is 24.0 Å². The van der Waals surface area contributed by atoms with Crippen LogP contribution in [0, 0.1) is 0 Å². The molecule has 0 bridgehead atoms. The van der Waals surface area contributed by atoms with Gasteiger partial charge in [0.1, 0.15) is 0 Å². The molecule has 1 saturated heterocycles. The van der Waals surface area contributed by atoms with Crippen LogP contribution in [0.4, 0.5) is 5.69 Å². The summed E-state index contributed by atoms with van der Waals surface area (Å²) < 4.78 is 0. The van der Waals surface area contributed by atoms with Crippen molar-refractivity contribution in [3.8, 4) is 0 Å². The Morgan fingerprint density at radius 1 is 1.07 bits per heavy atom. The maximum atomic E-state index is 11.9. The lowest BCUT2D eigenvalue weighted by molar-refractivity contribution is -0.117. The highest BCUT2D eigenvalue weighted by molar-refractivity contribution is 14.0. The number of rotatable bonds is 6. The Balaban J connectivity index is 0.00000240. The zero-order chi connectivity index (χ0) is 19.4. The topological polar surface area (TPSA) is 56.7 Å². The van der Waals surface area contributed by atoms with Crippen LogP contribution in [0.1, 0.15) is 36.8 Å². The van der Waals surface area contributed by atoms with Crippen molar-refractivity contribution in [2.24, 2.45) is 4.99 Å². The summed E-state index contributed by atoms with van der Waals surface area (Å²) in [4.78, 5) is 18.1. The maximum Gasteiger partial charge on any atom is 0.227 e. The molecule has 0 radical (unpaired) electrons. The Hall–Kier alpha value is -2.09. The molecule has 2 aromatic rings. The number of aliphatic imine (C=N–C) groups is 1. The monoisotopic (exact) mass is 504 g/mol. The van der Waals surface area contributed by atoms with Crippen molar-refractivity contribution in [1.82, 2.24) is 10.6 Å². The minimum atomic E-state index is 0. The fraction of sp³-hybridized carbons (Fsp3) is 0.391. The van der Waals surface area contributed by atoms with Crippen LogP contribution in [0.2, 0.25) is 0 Å². The number of nitrogens with zero attached hydrogens (tertiary/aromatic N) is 2. The molecule has 0 aromatic heterocycles. The maximum absolute atomic E-state index is 11.9. The van der Waals surface area contributed by atoms with Crippen molar-refractivity contribution >= 4 is 41.5 Å². The quantitative estimate of drug-likeness (QED) is 0.357. The van der Waals surface area contributed by atoms with E-state index >= 15 is 0 Å². The van der Waals surface area contributed by atoms with Gasteiger partial charge in [-0.15, -0.1) is 24.0 Å². The molecule has 2 fully saturated rings. The number of carbonyl (C=O) groups is 1. The molecule has 4 rings (SSSR count). The standard InChI is InChI=1S/C23H28N4O.HI/c1-24-22(26-17-23(13-14-23)19-6-3-2-4-7-19)25-16-18-9-11-20(12-10-18)27-15-5-8-21(27)28;/h2-4,6-7,9-12H,5,8,13-17H2,1H3,(H2,24,25,26);1H. The van der Waals surface area contributed by atoms with Gasteiger partial charge in [-0.1, -0.05) is 42.5 Å². The number of guanidine groups is 1. The molecule has 1 heterocycles. The second-order valence-electron chi connectivity index (χ2n) is 7.74. The van der Waals surface area contributed by atoms with Crippen molar-refractivity contribution in [3.63, 3.8) is 0 Å². The summed E-state index contributed by atoms with van der Waals surface area (Å²) in [5, 5.41) is 6.88. The Bertz CT molecular complexity index is 847. The van der Waals surface area contributed by atoms with Gasteiger partial charge >= 0.3 is 0 Å². The van der Waals surface area contributed by atoms with E-state index in [2.05, 4.69) is 58.1 Å². The minimum Gasteiger partial charge on any atom is -0.356 e. The second-order valence-corrected chi connectivity index (χ2v) is 7.74. The normalized spacial score (nSPS) is 17.6. The molecule has 1 saturated carbocycles. The number of nitrogens with one attached hydrogen (secondary N) is 2.